The van der Waals surface area contributed by atoms with Gasteiger partial charge in [-0.3, -0.25) is 9.89 Å². The van der Waals surface area contributed by atoms with Gasteiger partial charge in [-0.25, -0.2) is 0 Å². The Morgan fingerprint density at radius 2 is 1.55 bits per heavy atom. The molecule has 0 spiro atoms. The van der Waals surface area contributed by atoms with Gasteiger partial charge < -0.3 is 14.2 Å². The van der Waals surface area contributed by atoms with Crippen molar-refractivity contribution in [1.29, 1.82) is 0 Å². The molecule has 2 aromatic carbocycles. The van der Waals surface area contributed by atoms with Crippen LogP contribution in [0.15, 0.2) is 48.5 Å². The van der Waals surface area contributed by atoms with Crippen LogP contribution in [0.5, 0.6) is 11.8 Å². The molecule has 0 bridgehead atoms. The molecule has 0 aliphatic rings. The number of benzene rings is 2. The first kappa shape index (κ1) is 20.4. The van der Waals surface area contributed by atoms with Crippen molar-refractivity contribution in [2.75, 3.05) is 20.3 Å². The van der Waals surface area contributed by atoms with Crippen molar-refractivity contribution >= 4 is 5.97 Å². The summed E-state index contributed by atoms with van der Waals surface area (Å²) in [6.45, 7) is 6.24. The number of aromatic amines is 1. The van der Waals surface area contributed by atoms with Crippen LogP contribution >= 0.6 is 0 Å². The normalized spacial score (nSPS) is 11.2. The van der Waals surface area contributed by atoms with Crippen molar-refractivity contribution in [3.63, 3.8) is 0 Å². The zero-order valence-corrected chi connectivity index (χ0v) is 17.1. The Morgan fingerprint density at radius 1 is 0.966 bits per heavy atom. The summed E-state index contributed by atoms with van der Waals surface area (Å²) < 4.78 is 15.8. The third kappa shape index (κ3) is 4.93. The summed E-state index contributed by atoms with van der Waals surface area (Å²) in [5, 5.41) is 6.90. The Bertz CT molecular complexity index is 947. The fraction of sp³-hybridized carbons (Fsp3) is 0.318. The minimum atomic E-state index is -0.702. The Hall–Kier alpha value is -3.35. The standard InChI is InChI=1S/C22H25N3O4/c1-5-28-21-23-19(24-25-21)17-8-6-15(7-9-17)16-10-12-18(13-11-16)29-14-22(2,3)20(26)27-4/h6-13H,5,14H2,1-4H3,(H,23,24,25). The molecule has 0 aliphatic carbocycles. The molecule has 7 nitrogen and oxygen atoms in total. The first-order chi connectivity index (χ1) is 13.9. The smallest absolute Gasteiger partial charge is 0.335 e. The van der Waals surface area contributed by atoms with Crippen LogP contribution in [-0.4, -0.2) is 41.5 Å². The number of carbonyl (C=O) groups is 1. The van der Waals surface area contributed by atoms with E-state index < -0.39 is 5.41 Å². The lowest BCUT2D eigenvalue weighted by Crippen LogP contribution is -2.32. The van der Waals surface area contributed by atoms with Crippen LogP contribution in [0.3, 0.4) is 0 Å². The number of carbonyl (C=O) groups excluding carboxylic acids is 1. The SMILES string of the molecule is CCOc1n[nH]c(-c2ccc(-c3ccc(OCC(C)(C)C(=O)OC)cc3)cc2)n1. The maximum Gasteiger partial charge on any atom is 0.335 e. The lowest BCUT2D eigenvalue weighted by Gasteiger charge is -2.21. The number of H-pyrrole nitrogens is 1. The molecule has 0 unspecified atom stereocenters. The van der Waals surface area contributed by atoms with Crippen LogP contribution in [0.4, 0.5) is 0 Å². The van der Waals surface area contributed by atoms with Gasteiger partial charge >= 0.3 is 12.0 Å². The van der Waals surface area contributed by atoms with Gasteiger partial charge in [0.2, 0.25) is 0 Å². The fourth-order valence-corrected chi connectivity index (χ4v) is 2.73. The molecule has 0 saturated heterocycles. The highest BCUT2D eigenvalue weighted by Crippen LogP contribution is 2.26. The highest BCUT2D eigenvalue weighted by atomic mass is 16.5. The second-order valence-corrected chi connectivity index (χ2v) is 7.17. The van der Waals surface area contributed by atoms with Crippen LogP contribution in [0.2, 0.25) is 0 Å². The molecule has 0 fully saturated rings. The number of rotatable bonds is 8. The Kier molecular flexibility index (Phi) is 6.16. The molecule has 152 valence electrons. The van der Waals surface area contributed by atoms with Crippen molar-refractivity contribution < 1.29 is 19.0 Å². The molecule has 3 aromatic rings. The van der Waals surface area contributed by atoms with E-state index in [9.17, 15) is 4.79 Å². The van der Waals surface area contributed by atoms with Crippen LogP contribution < -0.4 is 9.47 Å². The zero-order valence-electron chi connectivity index (χ0n) is 17.1. The van der Waals surface area contributed by atoms with Gasteiger partial charge in [0.05, 0.1) is 19.1 Å². The number of nitrogens with one attached hydrogen (secondary N) is 1. The van der Waals surface area contributed by atoms with Gasteiger partial charge in [-0.1, -0.05) is 36.4 Å². The summed E-state index contributed by atoms with van der Waals surface area (Å²) in [5.41, 5.74) is 2.35. The topological polar surface area (TPSA) is 86.3 Å². The molecule has 0 saturated carbocycles. The van der Waals surface area contributed by atoms with E-state index >= 15 is 0 Å². The zero-order chi connectivity index (χ0) is 20.9. The molecule has 29 heavy (non-hydrogen) atoms. The van der Waals surface area contributed by atoms with Gasteiger partial charge in [-0.05, 0) is 44.0 Å². The first-order valence-electron chi connectivity index (χ1n) is 9.40. The van der Waals surface area contributed by atoms with Gasteiger partial charge in [-0.15, -0.1) is 5.10 Å². The van der Waals surface area contributed by atoms with E-state index in [0.717, 1.165) is 16.7 Å². The average Bonchev–Trinajstić information content (AvgIpc) is 3.21. The molecule has 1 N–H and O–H groups in total. The fourth-order valence-electron chi connectivity index (χ4n) is 2.73. The summed E-state index contributed by atoms with van der Waals surface area (Å²) in [6, 6.07) is 16.1. The lowest BCUT2D eigenvalue weighted by atomic mass is 9.95. The minimum Gasteiger partial charge on any atom is -0.492 e. The molecule has 0 amide bonds. The van der Waals surface area contributed by atoms with Crippen molar-refractivity contribution in [3.8, 4) is 34.3 Å². The van der Waals surface area contributed by atoms with Gasteiger partial charge in [0, 0.05) is 5.56 Å². The summed E-state index contributed by atoms with van der Waals surface area (Å²) in [4.78, 5) is 16.0. The van der Waals surface area contributed by atoms with Gasteiger partial charge in [0.1, 0.15) is 12.4 Å². The largest absolute Gasteiger partial charge is 0.492 e. The first-order valence-corrected chi connectivity index (χ1v) is 9.40. The molecule has 0 aliphatic heterocycles. The average molecular weight is 395 g/mol. The van der Waals surface area contributed by atoms with Gasteiger partial charge in [0.15, 0.2) is 5.82 Å². The summed E-state index contributed by atoms with van der Waals surface area (Å²) >= 11 is 0. The quantitative estimate of drug-likeness (QED) is 0.578. The number of hydrogen-bond acceptors (Lipinski definition) is 6. The third-order valence-electron chi connectivity index (χ3n) is 4.42. The maximum absolute atomic E-state index is 11.7. The van der Waals surface area contributed by atoms with Crippen LogP contribution in [0.25, 0.3) is 22.5 Å². The van der Waals surface area contributed by atoms with E-state index in [1.165, 1.54) is 7.11 Å². The van der Waals surface area contributed by atoms with Crippen molar-refractivity contribution in [2.45, 2.75) is 20.8 Å². The lowest BCUT2D eigenvalue weighted by molar-refractivity contribution is -0.152. The predicted molar refractivity (Wildman–Crippen MR) is 110 cm³/mol. The Morgan fingerprint density at radius 3 is 2.14 bits per heavy atom. The van der Waals surface area contributed by atoms with Crippen LogP contribution in [0, 0.1) is 5.41 Å². The van der Waals surface area contributed by atoms with Crippen molar-refractivity contribution in [3.05, 3.63) is 48.5 Å². The van der Waals surface area contributed by atoms with Crippen molar-refractivity contribution in [2.24, 2.45) is 5.41 Å². The second kappa shape index (κ2) is 8.77. The van der Waals surface area contributed by atoms with Crippen LogP contribution in [0.1, 0.15) is 20.8 Å². The maximum atomic E-state index is 11.7. The summed E-state index contributed by atoms with van der Waals surface area (Å²) in [5.74, 6) is 1.07. The molecule has 1 heterocycles. The van der Waals surface area contributed by atoms with Gasteiger partial charge in [-0.2, -0.15) is 4.98 Å². The van der Waals surface area contributed by atoms with E-state index in [4.69, 9.17) is 14.2 Å². The van der Waals surface area contributed by atoms with E-state index in [1.54, 1.807) is 13.8 Å². The van der Waals surface area contributed by atoms with Crippen LogP contribution in [-0.2, 0) is 9.53 Å². The molecule has 7 heteroatoms. The Balaban J connectivity index is 1.66. The number of esters is 1. The van der Waals surface area contributed by atoms with E-state index in [-0.39, 0.29) is 12.6 Å². The van der Waals surface area contributed by atoms with E-state index in [0.29, 0.717) is 24.2 Å². The number of aromatic nitrogens is 3. The molecule has 1 aromatic heterocycles. The summed E-state index contributed by atoms with van der Waals surface area (Å²) in [6.07, 6.45) is 0. The third-order valence-corrected chi connectivity index (χ3v) is 4.42. The Labute approximate surface area is 170 Å². The highest BCUT2D eigenvalue weighted by molar-refractivity contribution is 5.76. The number of hydrogen-bond donors (Lipinski definition) is 1. The number of nitrogens with zero attached hydrogens (tertiary/aromatic N) is 2. The van der Waals surface area contributed by atoms with E-state index in [1.807, 2.05) is 55.5 Å². The van der Waals surface area contributed by atoms with Crippen molar-refractivity contribution in [1.82, 2.24) is 15.2 Å². The van der Waals surface area contributed by atoms with E-state index in [2.05, 4.69) is 15.2 Å². The second-order valence-electron chi connectivity index (χ2n) is 7.17. The predicted octanol–water partition coefficient (Wildman–Crippen LogP) is 4.12. The minimum absolute atomic E-state index is 0.245. The van der Waals surface area contributed by atoms with Gasteiger partial charge in [0.25, 0.3) is 0 Å². The molecular formula is C22H25N3O4. The number of methoxy groups -OCH3 is 1. The number of ether oxygens (including phenoxy) is 3. The molecule has 0 radical (unpaired) electrons. The summed E-state index contributed by atoms with van der Waals surface area (Å²) in [7, 11) is 1.38. The molecule has 0 atom stereocenters. The highest BCUT2D eigenvalue weighted by Gasteiger charge is 2.29. The molecule has 3 rings (SSSR count). The monoisotopic (exact) mass is 395 g/mol. The molecular weight excluding hydrogens is 370 g/mol.